The first kappa shape index (κ1) is 34.2. The van der Waals surface area contributed by atoms with Crippen molar-refractivity contribution in [1.82, 2.24) is 29.5 Å². The maximum Gasteiger partial charge on any atom is 0.490 e. The number of carbonyl (C=O) groups excluding carboxylic acids is 1. The number of hydrogen-bond donors (Lipinski definition) is 1. The molecule has 0 amide bonds. The predicted molar refractivity (Wildman–Crippen MR) is 181 cm³/mol. The summed E-state index contributed by atoms with van der Waals surface area (Å²) in [6.45, 7) is 3.18. The second-order valence-corrected chi connectivity index (χ2v) is 13.7. The minimum atomic E-state index is -5.09. The summed E-state index contributed by atoms with van der Waals surface area (Å²) < 4.78 is 65.5. The summed E-state index contributed by atoms with van der Waals surface area (Å²) in [5.74, 6) is -1.50. The van der Waals surface area contributed by atoms with E-state index in [0.717, 1.165) is 45.0 Å². The highest BCUT2D eigenvalue weighted by molar-refractivity contribution is 7.22. The highest BCUT2D eigenvalue weighted by Gasteiger charge is 2.42. The number of nitrogens with one attached hydrogen (secondary N) is 1. The number of aryl methyl sites for hydroxylation is 2. The topological polar surface area (TPSA) is 97.6 Å². The lowest BCUT2D eigenvalue weighted by atomic mass is 9.95. The molecule has 1 fully saturated rings. The van der Waals surface area contributed by atoms with Crippen LogP contribution in [0, 0.1) is 5.82 Å². The van der Waals surface area contributed by atoms with Crippen LogP contribution in [0.2, 0.25) is 5.02 Å². The molecule has 2 aromatic carbocycles. The van der Waals surface area contributed by atoms with Crippen LogP contribution in [0.15, 0.2) is 55.0 Å². The van der Waals surface area contributed by atoms with Gasteiger partial charge in [0.1, 0.15) is 41.3 Å². The molecule has 262 valence electrons. The van der Waals surface area contributed by atoms with E-state index in [2.05, 4.69) is 20.2 Å². The Balaban J connectivity index is 1.10. The summed E-state index contributed by atoms with van der Waals surface area (Å²) in [7, 11) is 1.99. The number of carbonyl (C=O) groups is 1. The molecule has 3 aromatic heterocycles. The summed E-state index contributed by atoms with van der Waals surface area (Å²) in [6.07, 6.45) is -1.58. The van der Waals surface area contributed by atoms with Gasteiger partial charge < -0.3 is 19.7 Å². The molecule has 0 radical (unpaired) electrons. The molecule has 1 saturated heterocycles. The van der Waals surface area contributed by atoms with Crippen molar-refractivity contribution in [2.24, 2.45) is 0 Å². The number of hydrogen-bond acceptors (Lipinski definition) is 10. The lowest BCUT2D eigenvalue weighted by Gasteiger charge is -2.34. The van der Waals surface area contributed by atoms with Gasteiger partial charge in [-0.15, -0.1) is 11.3 Å². The standard InChI is InChI=1S/C34H32ClF4N7O3S/c1-44-9-11-45(12-10-44)15-23(49-33(47)34(37,38)39)16-46-17-25-27(43-46)7-6-24-29-31(40-19-41-32(29)50-30(24)25)42-22-5-8-28(26(35)14-22)48-18-20-3-2-4-21(36)13-20/h2-5,8,13-14,17,19,23H,6-7,9-12,15-16,18H2,1H3,(H,40,41,42)/t23-/m1/s1. The highest BCUT2D eigenvalue weighted by Crippen LogP contribution is 2.45. The molecule has 1 aliphatic carbocycles. The third-order valence-corrected chi connectivity index (χ3v) is 10.2. The Labute approximate surface area is 293 Å². The Morgan fingerprint density at radius 3 is 2.66 bits per heavy atom. The van der Waals surface area contributed by atoms with Gasteiger partial charge in [0.05, 0.1) is 22.6 Å². The SMILES string of the molecule is CN1CCN(C[C@H](Cn2cc3c(n2)CCc2c-3sc3ncnc(Nc4ccc(OCc5cccc(F)c5)c(Cl)c4)c23)OC(=O)C(F)(F)F)CC1. The van der Waals surface area contributed by atoms with Crippen molar-refractivity contribution in [3.8, 4) is 16.2 Å². The molecule has 7 rings (SSSR count). The minimum absolute atomic E-state index is 0.0172. The Morgan fingerprint density at radius 1 is 1.08 bits per heavy atom. The number of fused-ring (bicyclic) bond motifs is 5. The molecule has 0 saturated carbocycles. The second kappa shape index (κ2) is 14.1. The smallest absolute Gasteiger partial charge is 0.487 e. The third-order valence-electron chi connectivity index (χ3n) is 8.71. The molecule has 10 nitrogen and oxygen atoms in total. The van der Waals surface area contributed by atoms with Gasteiger partial charge >= 0.3 is 12.1 Å². The van der Waals surface area contributed by atoms with Crippen molar-refractivity contribution in [3.05, 3.63) is 82.6 Å². The first-order chi connectivity index (χ1) is 24.0. The maximum absolute atomic E-state index is 13.5. The Kier molecular flexibility index (Phi) is 9.65. The monoisotopic (exact) mass is 729 g/mol. The minimum Gasteiger partial charge on any atom is -0.487 e. The average Bonchev–Trinajstić information content (AvgIpc) is 3.66. The lowest BCUT2D eigenvalue weighted by molar-refractivity contribution is -0.206. The summed E-state index contributed by atoms with van der Waals surface area (Å²) in [4.78, 5) is 26.8. The third kappa shape index (κ3) is 7.55. The van der Waals surface area contributed by atoms with E-state index in [9.17, 15) is 22.4 Å². The first-order valence-electron chi connectivity index (χ1n) is 16.0. The van der Waals surface area contributed by atoms with Gasteiger partial charge in [-0.3, -0.25) is 9.58 Å². The quantitative estimate of drug-likeness (QED) is 0.128. The number of esters is 1. The van der Waals surface area contributed by atoms with Crippen LogP contribution < -0.4 is 10.1 Å². The number of nitrogens with zero attached hydrogens (tertiary/aromatic N) is 6. The molecule has 1 N–H and O–H groups in total. The number of rotatable bonds is 10. The molecular weight excluding hydrogens is 698 g/mol. The molecule has 0 spiro atoms. The summed E-state index contributed by atoms with van der Waals surface area (Å²) >= 11 is 8.03. The van der Waals surface area contributed by atoms with Crippen LogP contribution in [0.1, 0.15) is 16.8 Å². The van der Waals surface area contributed by atoms with E-state index in [-0.39, 0.29) is 25.5 Å². The van der Waals surface area contributed by atoms with Gasteiger partial charge in [0.2, 0.25) is 0 Å². The fourth-order valence-corrected chi connectivity index (χ4v) is 7.67. The number of aromatic nitrogens is 4. The summed E-state index contributed by atoms with van der Waals surface area (Å²) in [6, 6.07) is 11.4. The average molecular weight is 730 g/mol. The van der Waals surface area contributed by atoms with Gasteiger partial charge in [-0.05, 0) is 61.3 Å². The van der Waals surface area contributed by atoms with Crippen molar-refractivity contribution < 1.29 is 31.8 Å². The fourth-order valence-electron chi connectivity index (χ4n) is 6.21. The number of anilines is 2. The number of halogens is 5. The van der Waals surface area contributed by atoms with Crippen molar-refractivity contribution >= 4 is 50.6 Å². The van der Waals surface area contributed by atoms with Crippen LogP contribution >= 0.6 is 22.9 Å². The van der Waals surface area contributed by atoms with Crippen molar-refractivity contribution in [1.29, 1.82) is 0 Å². The van der Waals surface area contributed by atoms with Gasteiger partial charge in [-0.25, -0.2) is 19.2 Å². The largest absolute Gasteiger partial charge is 0.490 e. The second-order valence-electron chi connectivity index (χ2n) is 12.3. The molecule has 4 heterocycles. The van der Waals surface area contributed by atoms with Gasteiger partial charge in [0.25, 0.3) is 0 Å². The van der Waals surface area contributed by atoms with Crippen LogP contribution in [0.3, 0.4) is 0 Å². The molecule has 2 aliphatic rings. The number of ether oxygens (including phenoxy) is 2. The van der Waals surface area contributed by atoms with E-state index < -0.39 is 18.2 Å². The van der Waals surface area contributed by atoms with E-state index >= 15 is 0 Å². The van der Waals surface area contributed by atoms with Gasteiger partial charge in [0.15, 0.2) is 0 Å². The van der Waals surface area contributed by atoms with Crippen LogP contribution in [0.5, 0.6) is 5.75 Å². The zero-order valence-electron chi connectivity index (χ0n) is 26.8. The van der Waals surface area contributed by atoms with Gasteiger partial charge in [0, 0.05) is 55.0 Å². The molecule has 0 unspecified atom stereocenters. The zero-order valence-corrected chi connectivity index (χ0v) is 28.4. The molecule has 0 bridgehead atoms. The zero-order chi connectivity index (χ0) is 35.0. The number of thiophene rings is 1. The van der Waals surface area contributed by atoms with Gasteiger partial charge in [-0.1, -0.05) is 23.7 Å². The molecule has 1 aliphatic heterocycles. The van der Waals surface area contributed by atoms with E-state index in [1.54, 1.807) is 28.9 Å². The molecule has 16 heteroatoms. The summed E-state index contributed by atoms with van der Waals surface area (Å²) in [5.41, 5.74) is 4.07. The van der Waals surface area contributed by atoms with Crippen molar-refractivity contribution in [2.75, 3.05) is 45.1 Å². The Morgan fingerprint density at radius 2 is 1.90 bits per heavy atom. The Bertz CT molecular complexity index is 2030. The molecule has 5 aromatic rings. The number of likely N-dealkylation sites (N-methyl/N-ethyl adjacent to an activating group) is 1. The van der Waals surface area contributed by atoms with Crippen LogP contribution in [0.25, 0.3) is 20.7 Å². The molecule has 50 heavy (non-hydrogen) atoms. The van der Waals surface area contributed by atoms with Crippen LogP contribution in [-0.2, 0) is 35.5 Å². The molecule has 1 atom stereocenters. The summed E-state index contributed by atoms with van der Waals surface area (Å²) in [5, 5.41) is 9.30. The van der Waals surface area contributed by atoms with E-state index in [4.69, 9.17) is 26.2 Å². The number of piperazine rings is 1. The van der Waals surface area contributed by atoms with Crippen LogP contribution in [-0.4, -0.2) is 87.6 Å². The van der Waals surface area contributed by atoms with Gasteiger partial charge in [-0.2, -0.15) is 18.3 Å². The van der Waals surface area contributed by atoms with E-state index in [1.165, 1.54) is 29.8 Å². The van der Waals surface area contributed by atoms with E-state index in [0.29, 0.717) is 53.8 Å². The van der Waals surface area contributed by atoms with E-state index in [1.807, 2.05) is 24.2 Å². The maximum atomic E-state index is 13.5. The van der Waals surface area contributed by atoms with Crippen molar-refractivity contribution in [2.45, 2.75) is 38.3 Å². The number of alkyl halides is 3. The number of benzene rings is 2. The molecular formula is C34H32ClF4N7O3S. The highest BCUT2D eigenvalue weighted by atomic mass is 35.5. The lowest BCUT2D eigenvalue weighted by Crippen LogP contribution is -2.48. The Hall–Kier alpha value is -4.31. The van der Waals surface area contributed by atoms with Crippen LogP contribution in [0.4, 0.5) is 29.1 Å². The normalized spacial score (nSPS) is 15.8. The fraction of sp³-hybridized carbons (Fsp3) is 0.353. The first-order valence-corrected chi connectivity index (χ1v) is 17.1. The predicted octanol–water partition coefficient (Wildman–Crippen LogP) is 6.49. The van der Waals surface area contributed by atoms with Crippen molar-refractivity contribution in [3.63, 3.8) is 0 Å².